The molecule has 1 saturated carbocycles. The van der Waals surface area contributed by atoms with E-state index in [1.165, 1.54) is 24.9 Å². The summed E-state index contributed by atoms with van der Waals surface area (Å²) in [5, 5.41) is 27.2. The molecule has 204 valence electrons. The van der Waals surface area contributed by atoms with Crippen LogP contribution in [0.2, 0.25) is 5.28 Å². The first-order chi connectivity index (χ1) is 17.3. The largest absolute Gasteiger partial charge is 0.477 e. The van der Waals surface area contributed by atoms with Crippen LogP contribution >= 0.6 is 19.2 Å². The number of aliphatic hydroxyl groups is 2. The summed E-state index contributed by atoms with van der Waals surface area (Å²) in [5.74, 6) is -0.236. The first-order valence-electron chi connectivity index (χ1n) is 11.7. The lowest BCUT2D eigenvalue weighted by molar-refractivity contribution is -0.129. The minimum atomic E-state index is -4.91. The molecule has 5 N–H and O–H groups in total. The molecule has 1 aliphatic carbocycles. The summed E-state index contributed by atoms with van der Waals surface area (Å²) in [6.07, 6.45) is 2.14. The number of rotatable bonds is 8. The van der Waals surface area contributed by atoms with E-state index in [0.717, 1.165) is 43.8 Å². The molecule has 16 heteroatoms. The van der Waals surface area contributed by atoms with Gasteiger partial charge in [-0.05, 0) is 31.4 Å². The summed E-state index contributed by atoms with van der Waals surface area (Å²) in [6, 6.07) is 0.240. The summed E-state index contributed by atoms with van der Waals surface area (Å²) < 4.78 is 24.5. The van der Waals surface area contributed by atoms with Gasteiger partial charge in [-0.3, -0.25) is 9.36 Å². The summed E-state index contributed by atoms with van der Waals surface area (Å²) in [6.45, 7) is 1.91. The molecule has 4 rings (SSSR count). The van der Waals surface area contributed by atoms with Gasteiger partial charge in [0, 0.05) is 20.0 Å². The molecule has 1 saturated heterocycles. The van der Waals surface area contributed by atoms with Gasteiger partial charge in [-0.1, -0.05) is 12.8 Å². The zero-order valence-electron chi connectivity index (χ0n) is 20.5. The van der Waals surface area contributed by atoms with Crippen molar-refractivity contribution in [1.82, 2.24) is 24.6 Å². The van der Waals surface area contributed by atoms with E-state index in [0.29, 0.717) is 11.2 Å². The Hall–Kier alpha value is -2.48. The number of fused-ring (bicyclic) bond motifs is 1. The number of carbonyl (C=O) groups excluding carboxylic acids is 1. The van der Waals surface area contributed by atoms with Crippen molar-refractivity contribution in [3.8, 4) is 0 Å². The molecule has 2 aliphatic rings. The molecule has 4 atom stereocenters. The molecule has 2 aromatic rings. The van der Waals surface area contributed by atoms with Gasteiger partial charge in [-0.2, -0.15) is 15.1 Å². The molecule has 1 unspecified atom stereocenters. The van der Waals surface area contributed by atoms with Crippen molar-refractivity contribution >= 4 is 42.0 Å². The Balaban J connectivity index is 1.60. The molecule has 37 heavy (non-hydrogen) atoms. The standard InChI is InChI=1S/C21H30ClN6O8P/c1-11(29)27(3)10-21(2,37(32,33)34)35-9-14-15(30)16(31)19(36-14)28-18-13(8-23-28)17(25-20(22)26-18)24-12-6-4-5-7-12/h8-9,12,15-16,19,30-31H,4-7,10H2,1-3H3,(H,24,25,26)(H2,32,33,34)/b14-9+/t15-,16-,19-,21?/m1/s1. The van der Waals surface area contributed by atoms with E-state index >= 15 is 0 Å². The van der Waals surface area contributed by atoms with Gasteiger partial charge in [-0.25, -0.2) is 4.68 Å². The second-order valence-corrected chi connectivity index (χ2v) is 11.8. The fraction of sp³-hybridized carbons (Fsp3) is 0.619. The Bertz CT molecular complexity index is 1250. The van der Waals surface area contributed by atoms with E-state index in [9.17, 15) is 29.4 Å². The van der Waals surface area contributed by atoms with Crippen molar-refractivity contribution in [3.63, 3.8) is 0 Å². The Morgan fingerprint density at radius 3 is 2.68 bits per heavy atom. The topological polar surface area (TPSA) is 192 Å². The predicted octanol–water partition coefficient (Wildman–Crippen LogP) is 1.31. The van der Waals surface area contributed by atoms with Crippen LogP contribution in [-0.4, -0.2) is 87.7 Å². The number of likely N-dealkylation sites (N-methyl/N-ethyl adjacent to an activating group) is 1. The molecular weight excluding hydrogens is 531 g/mol. The summed E-state index contributed by atoms with van der Waals surface area (Å²) in [5.41, 5.74) is 0.252. The number of hydrogen-bond donors (Lipinski definition) is 5. The number of nitrogens with one attached hydrogen (secondary N) is 1. The Kier molecular flexibility index (Phi) is 7.71. The van der Waals surface area contributed by atoms with Gasteiger partial charge in [0.2, 0.25) is 22.8 Å². The molecule has 1 aliphatic heterocycles. The van der Waals surface area contributed by atoms with Crippen molar-refractivity contribution in [1.29, 1.82) is 0 Å². The molecule has 0 aromatic carbocycles. The fourth-order valence-electron chi connectivity index (χ4n) is 4.29. The molecule has 1 amide bonds. The number of nitrogens with zero attached hydrogens (tertiary/aromatic N) is 5. The van der Waals surface area contributed by atoms with Crippen molar-refractivity contribution in [3.05, 3.63) is 23.5 Å². The normalized spacial score (nSPS) is 25.3. The third kappa shape index (κ3) is 5.54. The van der Waals surface area contributed by atoms with Crippen molar-refractivity contribution in [2.24, 2.45) is 0 Å². The van der Waals surface area contributed by atoms with E-state index in [1.54, 1.807) is 0 Å². The van der Waals surface area contributed by atoms with E-state index in [-0.39, 0.29) is 22.7 Å². The van der Waals surface area contributed by atoms with Gasteiger partial charge < -0.3 is 39.7 Å². The monoisotopic (exact) mass is 560 g/mol. The SMILES string of the molecule is CC(=O)N(C)CC(C)(O/C=C1/O[C@@H](n2ncc3c(NC4CCCC4)nc(Cl)nc32)[C@H](O)[C@@H]1O)P(=O)(O)O. The average Bonchev–Trinajstić information content (AvgIpc) is 3.53. The van der Waals surface area contributed by atoms with Crippen LogP contribution in [0.15, 0.2) is 18.2 Å². The lowest BCUT2D eigenvalue weighted by Crippen LogP contribution is -2.42. The van der Waals surface area contributed by atoms with E-state index in [2.05, 4.69) is 20.4 Å². The summed E-state index contributed by atoms with van der Waals surface area (Å²) >= 11 is 6.16. The van der Waals surface area contributed by atoms with Crippen LogP contribution in [0, 0.1) is 0 Å². The van der Waals surface area contributed by atoms with Gasteiger partial charge in [0.15, 0.2) is 11.4 Å². The summed E-state index contributed by atoms with van der Waals surface area (Å²) in [7, 11) is -3.55. The van der Waals surface area contributed by atoms with Crippen LogP contribution in [0.4, 0.5) is 5.82 Å². The van der Waals surface area contributed by atoms with Crippen LogP contribution in [0.5, 0.6) is 0 Å². The van der Waals surface area contributed by atoms with Gasteiger partial charge in [0.1, 0.15) is 24.3 Å². The van der Waals surface area contributed by atoms with Gasteiger partial charge >= 0.3 is 7.60 Å². The molecule has 0 spiro atoms. The average molecular weight is 561 g/mol. The van der Waals surface area contributed by atoms with E-state index in [4.69, 9.17) is 21.1 Å². The van der Waals surface area contributed by atoms with Crippen LogP contribution in [0.3, 0.4) is 0 Å². The number of aromatic nitrogens is 4. The minimum Gasteiger partial charge on any atom is -0.477 e. The van der Waals surface area contributed by atoms with Crippen molar-refractivity contribution in [2.75, 3.05) is 18.9 Å². The van der Waals surface area contributed by atoms with Crippen LogP contribution in [-0.2, 0) is 18.8 Å². The van der Waals surface area contributed by atoms with Crippen molar-refractivity contribution < 1.29 is 38.8 Å². The number of aliphatic hydroxyl groups excluding tert-OH is 2. The van der Waals surface area contributed by atoms with Crippen LogP contribution in [0.1, 0.15) is 45.8 Å². The Morgan fingerprint density at radius 2 is 2.05 bits per heavy atom. The number of amides is 1. The Labute approximate surface area is 217 Å². The van der Waals surface area contributed by atoms with Gasteiger partial charge in [-0.15, -0.1) is 0 Å². The highest BCUT2D eigenvalue weighted by Gasteiger charge is 2.48. The van der Waals surface area contributed by atoms with Crippen LogP contribution < -0.4 is 5.32 Å². The lowest BCUT2D eigenvalue weighted by atomic mass is 10.2. The second-order valence-electron chi connectivity index (χ2n) is 9.47. The molecular formula is C21H30ClN6O8P. The third-order valence-electron chi connectivity index (χ3n) is 6.64. The zero-order chi connectivity index (χ0) is 27.1. The number of halogens is 1. The molecule has 0 bridgehead atoms. The summed E-state index contributed by atoms with van der Waals surface area (Å²) in [4.78, 5) is 40.9. The number of anilines is 1. The van der Waals surface area contributed by atoms with E-state index < -0.39 is 43.8 Å². The second kappa shape index (κ2) is 10.4. The number of hydrogen-bond acceptors (Lipinski definition) is 10. The quantitative estimate of drug-likeness (QED) is 0.177. The molecule has 2 aromatic heterocycles. The first kappa shape index (κ1) is 27.6. The maximum absolute atomic E-state index is 12.1. The highest BCUT2D eigenvalue weighted by atomic mass is 35.5. The fourth-order valence-corrected chi connectivity index (χ4v) is 5.04. The van der Waals surface area contributed by atoms with Crippen LogP contribution in [0.25, 0.3) is 11.0 Å². The smallest absolute Gasteiger partial charge is 0.370 e. The highest BCUT2D eigenvalue weighted by molar-refractivity contribution is 7.53. The zero-order valence-corrected chi connectivity index (χ0v) is 22.1. The highest BCUT2D eigenvalue weighted by Crippen LogP contribution is 2.52. The maximum atomic E-state index is 12.1. The third-order valence-corrected chi connectivity index (χ3v) is 8.29. The number of ether oxygens (including phenoxy) is 2. The molecule has 14 nitrogen and oxygen atoms in total. The maximum Gasteiger partial charge on any atom is 0.370 e. The minimum absolute atomic E-state index is 0.0473. The van der Waals surface area contributed by atoms with Gasteiger partial charge in [0.25, 0.3) is 0 Å². The van der Waals surface area contributed by atoms with Crippen molar-refractivity contribution in [2.45, 2.75) is 69.4 Å². The number of carbonyl (C=O) groups is 1. The lowest BCUT2D eigenvalue weighted by Gasteiger charge is -2.33. The van der Waals surface area contributed by atoms with E-state index in [1.807, 2.05) is 0 Å². The Morgan fingerprint density at radius 1 is 1.38 bits per heavy atom. The molecule has 0 radical (unpaired) electrons. The molecule has 3 heterocycles. The first-order valence-corrected chi connectivity index (χ1v) is 13.6. The molecule has 2 fully saturated rings. The van der Waals surface area contributed by atoms with Gasteiger partial charge in [0.05, 0.1) is 18.1 Å². The predicted molar refractivity (Wildman–Crippen MR) is 131 cm³/mol.